The lowest BCUT2D eigenvalue weighted by Gasteiger charge is -2.46. The first-order valence-electron chi connectivity index (χ1n) is 5.87. The van der Waals surface area contributed by atoms with E-state index in [1.807, 2.05) is 6.92 Å². The molecule has 88 valence electrons. The molecule has 2 fully saturated rings. The van der Waals surface area contributed by atoms with Gasteiger partial charge in [0, 0.05) is 44.1 Å². The molecule has 0 aromatic carbocycles. The minimum Gasteiger partial charge on any atom is -0.396 e. The molecule has 3 N–H and O–H groups in total. The van der Waals surface area contributed by atoms with Crippen LogP contribution < -0.4 is 5.73 Å². The summed E-state index contributed by atoms with van der Waals surface area (Å²) in [6.45, 7) is 6.99. The summed E-state index contributed by atoms with van der Waals surface area (Å²) in [6, 6.07) is 0.234. The topological polar surface area (TPSA) is 58.7 Å². The van der Waals surface area contributed by atoms with E-state index in [2.05, 4.69) is 4.90 Å². The predicted molar refractivity (Wildman–Crippen MR) is 58.5 cm³/mol. The summed E-state index contributed by atoms with van der Waals surface area (Å²) in [6.07, 6.45) is 0. The van der Waals surface area contributed by atoms with Gasteiger partial charge in [-0.05, 0) is 12.8 Å². The van der Waals surface area contributed by atoms with Crippen LogP contribution in [0.5, 0.6) is 0 Å². The largest absolute Gasteiger partial charge is 0.396 e. The molecule has 0 saturated carbocycles. The van der Waals surface area contributed by atoms with Gasteiger partial charge in [0.15, 0.2) is 0 Å². The summed E-state index contributed by atoms with van der Waals surface area (Å²) in [5.74, 6) is 1.45. The van der Waals surface area contributed by atoms with Crippen molar-refractivity contribution in [3.8, 4) is 0 Å². The van der Waals surface area contributed by atoms with E-state index in [4.69, 9.17) is 10.5 Å². The van der Waals surface area contributed by atoms with E-state index < -0.39 is 0 Å². The standard InChI is InChI=1S/C11H22N2O2/c1-8(12)2-13-3-9-6-15-7-10(4-13)11(9)5-14/h8-11,14H,2-7,12H2,1H3. The molecule has 2 aliphatic rings. The van der Waals surface area contributed by atoms with Crippen LogP contribution in [0.1, 0.15) is 6.92 Å². The number of aliphatic hydroxyl groups excluding tert-OH is 1. The van der Waals surface area contributed by atoms with Crippen molar-refractivity contribution >= 4 is 0 Å². The number of nitrogens with zero attached hydrogens (tertiary/aromatic N) is 1. The summed E-state index contributed by atoms with van der Waals surface area (Å²) in [5.41, 5.74) is 5.82. The quantitative estimate of drug-likeness (QED) is 0.666. The van der Waals surface area contributed by atoms with Crippen molar-refractivity contribution < 1.29 is 9.84 Å². The van der Waals surface area contributed by atoms with Crippen molar-refractivity contribution in [2.75, 3.05) is 39.5 Å². The Balaban J connectivity index is 1.96. The molecule has 0 amide bonds. The van der Waals surface area contributed by atoms with Crippen molar-refractivity contribution in [3.63, 3.8) is 0 Å². The molecule has 2 aliphatic heterocycles. The number of rotatable bonds is 3. The first-order valence-corrected chi connectivity index (χ1v) is 5.87. The van der Waals surface area contributed by atoms with E-state index in [-0.39, 0.29) is 6.04 Å². The Labute approximate surface area is 91.4 Å². The van der Waals surface area contributed by atoms with Crippen LogP contribution >= 0.6 is 0 Å². The Hall–Kier alpha value is -0.160. The second-order valence-electron chi connectivity index (χ2n) is 5.10. The van der Waals surface area contributed by atoms with Gasteiger partial charge in [0.2, 0.25) is 0 Å². The average molecular weight is 214 g/mol. The zero-order valence-corrected chi connectivity index (χ0v) is 9.43. The third-order valence-corrected chi connectivity index (χ3v) is 3.62. The van der Waals surface area contributed by atoms with E-state index in [0.29, 0.717) is 24.4 Å². The van der Waals surface area contributed by atoms with Crippen molar-refractivity contribution in [1.29, 1.82) is 0 Å². The molecule has 0 aromatic heterocycles. The first kappa shape index (κ1) is 11.3. The van der Waals surface area contributed by atoms with Gasteiger partial charge in [-0.25, -0.2) is 0 Å². The summed E-state index contributed by atoms with van der Waals surface area (Å²) >= 11 is 0. The number of nitrogens with two attached hydrogens (primary N) is 1. The summed E-state index contributed by atoms with van der Waals surface area (Å²) in [5, 5.41) is 9.37. The Morgan fingerprint density at radius 3 is 2.47 bits per heavy atom. The van der Waals surface area contributed by atoms with Crippen LogP contribution in [0.4, 0.5) is 0 Å². The predicted octanol–water partition coefficient (Wildman–Crippen LogP) is -0.480. The molecule has 2 bridgehead atoms. The van der Waals surface area contributed by atoms with Gasteiger partial charge in [0.25, 0.3) is 0 Å². The summed E-state index contributed by atoms with van der Waals surface area (Å²) < 4.78 is 5.55. The zero-order chi connectivity index (χ0) is 10.8. The highest BCUT2D eigenvalue weighted by Gasteiger charge is 2.39. The Morgan fingerprint density at radius 1 is 1.40 bits per heavy atom. The van der Waals surface area contributed by atoms with Crippen LogP contribution in [0.2, 0.25) is 0 Å². The van der Waals surface area contributed by atoms with Gasteiger partial charge >= 0.3 is 0 Å². The van der Waals surface area contributed by atoms with Crippen molar-refractivity contribution in [2.24, 2.45) is 23.5 Å². The summed E-state index contributed by atoms with van der Waals surface area (Å²) in [4.78, 5) is 2.43. The third-order valence-electron chi connectivity index (χ3n) is 3.62. The number of hydrogen-bond donors (Lipinski definition) is 2. The first-order chi connectivity index (χ1) is 7.20. The number of likely N-dealkylation sites (tertiary alicyclic amines) is 1. The minimum atomic E-state index is 0.234. The molecule has 0 radical (unpaired) electrons. The second-order valence-corrected chi connectivity index (χ2v) is 5.10. The molecule has 3 atom stereocenters. The van der Waals surface area contributed by atoms with Gasteiger partial charge in [-0.1, -0.05) is 0 Å². The van der Waals surface area contributed by atoms with Gasteiger partial charge in [-0.15, -0.1) is 0 Å². The fraction of sp³-hybridized carbons (Fsp3) is 1.00. The monoisotopic (exact) mass is 214 g/mol. The highest BCUT2D eigenvalue weighted by atomic mass is 16.5. The molecule has 3 unspecified atom stereocenters. The van der Waals surface area contributed by atoms with Gasteiger partial charge in [0.05, 0.1) is 13.2 Å². The van der Waals surface area contributed by atoms with Gasteiger partial charge < -0.3 is 20.5 Å². The highest BCUT2D eigenvalue weighted by Crippen LogP contribution is 2.32. The second kappa shape index (κ2) is 4.78. The van der Waals surface area contributed by atoms with E-state index in [9.17, 15) is 5.11 Å². The number of aliphatic hydroxyl groups is 1. The highest BCUT2D eigenvalue weighted by molar-refractivity contribution is 4.89. The molecule has 15 heavy (non-hydrogen) atoms. The van der Waals surface area contributed by atoms with Crippen LogP contribution in [0, 0.1) is 17.8 Å². The average Bonchev–Trinajstić information content (AvgIpc) is 2.15. The maximum atomic E-state index is 9.37. The maximum Gasteiger partial charge on any atom is 0.0510 e. The smallest absolute Gasteiger partial charge is 0.0510 e. The van der Waals surface area contributed by atoms with Crippen LogP contribution in [-0.2, 0) is 4.74 Å². The molecule has 0 spiro atoms. The molecule has 4 nitrogen and oxygen atoms in total. The fourth-order valence-corrected chi connectivity index (χ4v) is 2.97. The normalized spacial score (nSPS) is 39.0. The van der Waals surface area contributed by atoms with Gasteiger partial charge in [0.1, 0.15) is 0 Å². The van der Waals surface area contributed by atoms with E-state index in [1.54, 1.807) is 0 Å². The van der Waals surface area contributed by atoms with E-state index >= 15 is 0 Å². The molecule has 0 aromatic rings. The Bertz CT molecular complexity index is 197. The van der Waals surface area contributed by atoms with Crippen LogP contribution in [0.15, 0.2) is 0 Å². The number of hydrogen-bond acceptors (Lipinski definition) is 4. The lowest BCUT2D eigenvalue weighted by Crippen LogP contribution is -2.55. The molecule has 2 rings (SSSR count). The van der Waals surface area contributed by atoms with Crippen LogP contribution in [0.25, 0.3) is 0 Å². The molecular weight excluding hydrogens is 192 g/mol. The van der Waals surface area contributed by atoms with Crippen LogP contribution in [-0.4, -0.2) is 55.5 Å². The molecular formula is C11H22N2O2. The minimum absolute atomic E-state index is 0.234. The molecule has 2 saturated heterocycles. The van der Waals surface area contributed by atoms with Crippen molar-refractivity contribution in [1.82, 2.24) is 4.90 Å². The summed E-state index contributed by atoms with van der Waals surface area (Å²) in [7, 11) is 0. The Morgan fingerprint density at radius 2 is 2.00 bits per heavy atom. The number of piperidine rings is 1. The van der Waals surface area contributed by atoms with Crippen LogP contribution in [0.3, 0.4) is 0 Å². The number of fused-ring (bicyclic) bond motifs is 2. The molecule has 2 heterocycles. The molecule has 4 heteroatoms. The van der Waals surface area contributed by atoms with Crippen molar-refractivity contribution in [3.05, 3.63) is 0 Å². The lowest BCUT2D eigenvalue weighted by atomic mass is 9.77. The number of ether oxygens (including phenoxy) is 1. The van der Waals surface area contributed by atoms with Gasteiger partial charge in [-0.2, -0.15) is 0 Å². The zero-order valence-electron chi connectivity index (χ0n) is 9.43. The van der Waals surface area contributed by atoms with Crippen molar-refractivity contribution in [2.45, 2.75) is 13.0 Å². The maximum absolute atomic E-state index is 9.37. The lowest BCUT2D eigenvalue weighted by molar-refractivity contribution is -0.0974. The fourth-order valence-electron chi connectivity index (χ4n) is 2.97. The SMILES string of the molecule is CC(N)CN1CC2COCC(C1)C2CO. The van der Waals surface area contributed by atoms with E-state index in [1.165, 1.54) is 0 Å². The Kier molecular flexibility index (Phi) is 3.61. The third kappa shape index (κ3) is 2.50. The van der Waals surface area contributed by atoms with Gasteiger partial charge in [-0.3, -0.25) is 0 Å². The van der Waals surface area contributed by atoms with E-state index in [0.717, 1.165) is 32.8 Å². The molecule has 0 aliphatic carbocycles.